The molecule has 0 saturated carbocycles. The molecule has 0 bridgehead atoms. The smallest absolute Gasteiger partial charge is 0.307 e. The average molecular weight is 362 g/mol. The second-order valence-corrected chi connectivity index (χ2v) is 7.19. The summed E-state index contributed by atoms with van der Waals surface area (Å²) in [5.74, 6) is -0.0744. The standard InChI is InChI=1S/C19H27FN4O2/c1-2-3-7-14-8-4-5-10-23(14)11-6-9-19-21-16-12-15(20)18(24(25)26)13-17(16)22-19/h12-14H,2-11H2,1H3,(H,21,22). The molecule has 1 fully saturated rings. The molecule has 1 N–H and O–H groups in total. The Labute approximate surface area is 152 Å². The lowest BCUT2D eigenvalue weighted by molar-refractivity contribution is -0.387. The van der Waals surface area contributed by atoms with Gasteiger partial charge in [-0.25, -0.2) is 4.98 Å². The van der Waals surface area contributed by atoms with Gasteiger partial charge in [0.2, 0.25) is 5.82 Å². The normalized spacial score (nSPS) is 18.5. The molecule has 7 heteroatoms. The molecular weight excluding hydrogens is 335 g/mol. The third kappa shape index (κ3) is 4.38. The van der Waals surface area contributed by atoms with Crippen molar-refractivity contribution in [3.63, 3.8) is 0 Å². The van der Waals surface area contributed by atoms with Crippen molar-refractivity contribution in [2.24, 2.45) is 0 Å². The van der Waals surface area contributed by atoms with E-state index < -0.39 is 16.4 Å². The number of halogens is 1. The van der Waals surface area contributed by atoms with Crippen LogP contribution in [0.2, 0.25) is 0 Å². The minimum Gasteiger partial charge on any atom is -0.342 e. The van der Waals surface area contributed by atoms with Crippen LogP contribution in [0.25, 0.3) is 11.0 Å². The number of unbranched alkanes of at least 4 members (excludes halogenated alkanes) is 1. The number of nitro groups is 1. The molecule has 1 aliphatic rings. The van der Waals surface area contributed by atoms with Crippen molar-refractivity contribution in [3.8, 4) is 0 Å². The van der Waals surface area contributed by atoms with Crippen molar-refractivity contribution in [1.82, 2.24) is 14.9 Å². The predicted molar refractivity (Wildman–Crippen MR) is 99.8 cm³/mol. The Morgan fingerprint density at radius 3 is 3.00 bits per heavy atom. The van der Waals surface area contributed by atoms with Crippen LogP contribution in [0, 0.1) is 15.9 Å². The molecule has 0 amide bonds. The topological polar surface area (TPSA) is 75.1 Å². The van der Waals surface area contributed by atoms with Crippen LogP contribution < -0.4 is 0 Å². The number of hydrogen-bond acceptors (Lipinski definition) is 4. The lowest BCUT2D eigenvalue weighted by Gasteiger charge is -2.35. The summed E-state index contributed by atoms with van der Waals surface area (Å²) in [7, 11) is 0. The van der Waals surface area contributed by atoms with Gasteiger partial charge in [-0.2, -0.15) is 4.39 Å². The van der Waals surface area contributed by atoms with E-state index in [0.29, 0.717) is 17.1 Å². The van der Waals surface area contributed by atoms with Crippen LogP contribution in [0.4, 0.5) is 10.1 Å². The molecule has 1 saturated heterocycles. The first-order valence-corrected chi connectivity index (χ1v) is 9.65. The van der Waals surface area contributed by atoms with Gasteiger partial charge in [0.1, 0.15) is 5.82 Å². The molecule has 3 rings (SSSR count). The van der Waals surface area contributed by atoms with Crippen LogP contribution in [0.5, 0.6) is 0 Å². The van der Waals surface area contributed by atoms with Gasteiger partial charge >= 0.3 is 5.69 Å². The van der Waals surface area contributed by atoms with Gasteiger partial charge in [-0.3, -0.25) is 10.1 Å². The molecule has 2 aromatic rings. The van der Waals surface area contributed by atoms with E-state index >= 15 is 0 Å². The highest BCUT2D eigenvalue weighted by atomic mass is 19.1. The van der Waals surface area contributed by atoms with E-state index in [1.54, 1.807) is 0 Å². The molecule has 0 radical (unpaired) electrons. The zero-order valence-electron chi connectivity index (χ0n) is 15.3. The number of aryl methyl sites for hydroxylation is 1. The second kappa shape index (κ2) is 8.58. The Balaban J connectivity index is 1.59. The summed E-state index contributed by atoms with van der Waals surface area (Å²) in [5, 5.41) is 10.9. The number of nitro benzene ring substituents is 1. The summed E-state index contributed by atoms with van der Waals surface area (Å²) >= 11 is 0. The van der Waals surface area contributed by atoms with Gasteiger partial charge in [0.15, 0.2) is 0 Å². The van der Waals surface area contributed by atoms with Gasteiger partial charge in [0.05, 0.1) is 16.0 Å². The Kier molecular flexibility index (Phi) is 6.19. The fourth-order valence-electron chi connectivity index (χ4n) is 3.90. The maximum atomic E-state index is 13.7. The first kappa shape index (κ1) is 18.8. The summed E-state index contributed by atoms with van der Waals surface area (Å²) in [4.78, 5) is 20.2. The third-order valence-electron chi connectivity index (χ3n) is 5.30. The van der Waals surface area contributed by atoms with Crippen molar-refractivity contribution in [2.75, 3.05) is 13.1 Å². The molecule has 1 unspecified atom stereocenters. The monoisotopic (exact) mass is 362 g/mol. The third-order valence-corrected chi connectivity index (χ3v) is 5.30. The summed E-state index contributed by atoms with van der Waals surface area (Å²) in [6.07, 6.45) is 9.46. The number of nitrogens with one attached hydrogen (secondary N) is 1. The van der Waals surface area contributed by atoms with Crippen LogP contribution in [-0.2, 0) is 6.42 Å². The van der Waals surface area contributed by atoms with E-state index in [1.807, 2.05) is 0 Å². The van der Waals surface area contributed by atoms with Gasteiger partial charge < -0.3 is 9.88 Å². The maximum absolute atomic E-state index is 13.7. The quantitative estimate of drug-likeness (QED) is 0.550. The lowest BCUT2D eigenvalue weighted by Crippen LogP contribution is -2.40. The minimum absolute atomic E-state index is 0.446. The van der Waals surface area contributed by atoms with E-state index in [4.69, 9.17) is 0 Å². The number of likely N-dealkylation sites (tertiary alicyclic amines) is 1. The van der Waals surface area contributed by atoms with E-state index in [2.05, 4.69) is 21.8 Å². The summed E-state index contributed by atoms with van der Waals surface area (Å²) in [6.45, 7) is 4.45. The molecule has 1 aromatic heterocycles. The van der Waals surface area contributed by atoms with Gasteiger partial charge in [0, 0.05) is 24.6 Å². The maximum Gasteiger partial charge on any atom is 0.307 e. The van der Waals surface area contributed by atoms with Crippen molar-refractivity contribution >= 4 is 16.7 Å². The summed E-state index contributed by atoms with van der Waals surface area (Å²) < 4.78 is 13.7. The van der Waals surface area contributed by atoms with Crippen molar-refractivity contribution in [3.05, 3.63) is 33.9 Å². The van der Waals surface area contributed by atoms with Crippen molar-refractivity contribution < 1.29 is 9.31 Å². The van der Waals surface area contributed by atoms with Gasteiger partial charge in [-0.05, 0) is 38.8 Å². The number of piperidine rings is 1. The van der Waals surface area contributed by atoms with Crippen LogP contribution >= 0.6 is 0 Å². The van der Waals surface area contributed by atoms with Crippen LogP contribution in [0.1, 0.15) is 57.7 Å². The number of nitrogens with zero attached hydrogens (tertiary/aromatic N) is 3. The SMILES string of the molecule is CCCCC1CCCCN1CCCc1nc2cc(F)c([N+](=O)[O-])cc2[nH]1. The highest BCUT2D eigenvalue weighted by Gasteiger charge is 2.21. The van der Waals surface area contributed by atoms with Crippen molar-refractivity contribution in [2.45, 2.75) is 64.3 Å². The predicted octanol–water partition coefficient (Wildman–Crippen LogP) is 4.59. The summed E-state index contributed by atoms with van der Waals surface area (Å²) in [6, 6.07) is 3.07. The van der Waals surface area contributed by atoms with Crippen LogP contribution in [0.15, 0.2) is 12.1 Å². The lowest BCUT2D eigenvalue weighted by atomic mass is 9.97. The number of rotatable bonds is 8. The number of H-pyrrole nitrogens is 1. The van der Waals surface area contributed by atoms with E-state index in [0.717, 1.165) is 31.3 Å². The first-order chi connectivity index (χ1) is 12.6. The van der Waals surface area contributed by atoms with Crippen LogP contribution in [-0.4, -0.2) is 38.9 Å². The number of aromatic nitrogens is 2. The molecule has 2 heterocycles. The number of aromatic amines is 1. The fourth-order valence-corrected chi connectivity index (χ4v) is 3.90. The molecule has 6 nitrogen and oxygen atoms in total. The zero-order valence-corrected chi connectivity index (χ0v) is 15.3. The molecule has 0 aliphatic carbocycles. The largest absolute Gasteiger partial charge is 0.342 e. The van der Waals surface area contributed by atoms with E-state index in [-0.39, 0.29) is 0 Å². The Hall–Kier alpha value is -2.02. The molecular formula is C19H27FN4O2. The van der Waals surface area contributed by atoms with Crippen LogP contribution in [0.3, 0.4) is 0 Å². The molecule has 142 valence electrons. The first-order valence-electron chi connectivity index (χ1n) is 9.65. The number of fused-ring (bicyclic) bond motifs is 1. The molecule has 1 aromatic carbocycles. The fraction of sp³-hybridized carbons (Fsp3) is 0.632. The minimum atomic E-state index is -0.840. The number of imidazole rings is 1. The second-order valence-electron chi connectivity index (χ2n) is 7.19. The summed E-state index contributed by atoms with van der Waals surface area (Å²) in [5.41, 5.74) is 0.452. The van der Waals surface area contributed by atoms with E-state index in [9.17, 15) is 14.5 Å². The van der Waals surface area contributed by atoms with E-state index in [1.165, 1.54) is 51.1 Å². The Morgan fingerprint density at radius 2 is 2.23 bits per heavy atom. The molecule has 1 aliphatic heterocycles. The Morgan fingerprint density at radius 1 is 1.38 bits per heavy atom. The highest BCUT2D eigenvalue weighted by Crippen LogP contribution is 2.24. The molecule has 1 atom stereocenters. The molecule has 26 heavy (non-hydrogen) atoms. The molecule has 0 spiro atoms. The Bertz CT molecular complexity index is 761. The number of hydrogen-bond donors (Lipinski definition) is 1. The van der Waals surface area contributed by atoms with Crippen molar-refractivity contribution in [1.29, 1.82) is 0 Å². The van der Waals surface area contributed by atoms with Gasteiger partial charge in [-0.15, -0.1) is 0 Å². The number of benzene rings is 1. The van der Waals surface area contributed by atoms with Gasteiger partial charge in [-0.1, -0.05) is 26.2 Å². The zero-order chi connectivity index (χ0) is 18.5. The highest BCUT2D eigenvalue weighted by molar-refractivity contribution is 5.78. The van der Waals surface area contributed by atoms with Gasteiger partial charge in [0.25, 0.3) is 0 Å². The average Bonchev–Trinajstić information content (AvgIpc) is 3.01.